The van der Waals surface area contributed by atoms with Crippen molar-refractivity contribution in [2.45, 2.75) is 6.92 Å². The Bertz CT molecular complexity index is 836. The summed E-state index contributed by atoms with van der Waals surface area (Å²) in [6.07, 6.45) is 1.47. The number of piperazine rings is 1. The van der Waals surface area contributed by atoms with Gasteiger partial charge >= 0.3 is 0 Å². The van der Waals surface area contributed by atoms with Crippen LogP contribution in [0.1, 0.15) is 17.3 Å². The quantitative estimate of drug-likeness (QED) is 0.913. The minimum absolute atomic E-state index is 0.000901. The van der Waals surface area contributed by atoms with Crippen molar-refractivity contribution in [1.82, 2.24) is 14.8 Å². The molecule has 1 aliphatic heterocycles. The van der Waals surface area contributed by atoms with Crippen LogP contribution in [0, 0.1) is 11.6 Å². The molecule has 136 valence electrons. The summed E-state index contributed by atoms with van der Waals surface area (Å²) < 4.78 is 26.3. The molecule has 0 atom stereocenters. The first-order chi connectivity index (χ1) is 12.4. The van der Waals surface area contributed by atoms with Gasteiger partial charge in [-0.25, -0.2) is 13.8 Å². The van der Waals surface area contributed by atoms with E-state index in [9.17, 15) is 18.4 Å². The highest BCUT2D eigenvalue weighted by Crippen LogP contribution is 2.19. The van der Waals surface area contributed by atoms with Crippen LogP contribution in [0.4, 0.5) is 20.3 Å². The molecule has 0 aliphatic carbocycles. The van der Waals surface area contributed by atoms with E-state index in [4.69, 9.17) is 0 Å². The van der Waals surface area contributed by atoms with Crippen LogP contribution >= 0.6 is 0 Å². The minimum Gasteiger partial charge on any atom is -0.340 e. The molecule has 1 aromatic heterocycles. The van der Waals surface area contributed by atoms with E-state index in [-0.39, 0.29) is 11.8 Å². The number of amides is 2. The highest BCUT2D eigenvalue weighted by Gasteiger charge is 2.23. The van der Waals surface area contributed by atoms with Crippen molar-refractivity contribution in [2.24, 2.45) is 0 Å². The molecule has 6 nitrogen and oxygen atoms in total. The van der Waals surface area contributed by atoms with Gasteiger partial charge in [0.1, 0.15) is 5.82 Å². The van der Waals surface area contributed by atoms with Crippen LogP contribution in [-0.4, -0.2) is 52.8 Å². The van der Waals surface area contributed by atoms with Gasteiger partial charge in [-0.1, -0.05) is 0 Å². The molecule has 8 heteroatoms. The summed E-state index contributed by atoms with van der Waals surface area (Å²) in [6, 6.07) is 6.57. The van der Waals surface area contributed by atoms with Gasteiger partial charge < -0.3 is 15.1 Å². The third kappa shape index (κ3) is 3.96. The number of hydrogen-bond donors (Lipinski definition) is 1. The summed E-state index contributed by atoms with van der Waals surface area (Å²) in [5, 5.41) is 2.85. The monoisotopic (exact) mass is 360 g/mol. The van der Waals surface area contributed by atoms with Gasteiger partial charge in [-0.05, 0) is 24.3 Å². The van der Waals surface area contributed by atoms with Crippen LogP contribution < -0.4 is 5.32 Å². The van der Waals surface area contributed by atoms with Crippen molar-refractivity contribution < 1.29 is 18.4 Å². The number of pyridine rings is 1. The molecule has 1 saturated heterocycles. The Kier molecular flexibility index (Phi) is 5.11. The number of carbonyl (C=O) groups excluding carboxylic acids is 2. The third-order valence-electron chi connectivity index (χ3n) is 4.21. The van der Waals surface area contributed by atoms with Gasteiger partial charge in [0.15, 0.2) is 11.6 Å². The van der Waals surface area contributed by atoms with Crippen LogP contribution in [-0.2, 0) is 4.79 Å². The van der Waals surface area contributed by atoms with Crippen molar-refractivity contribution in [3.05, 3.63) is 53.7 Å². The first-order valence-electron chi connectivity index (χ1n) is 8.17. The first-order valence-corrected chi connectivity index (χ1v) is 8.17. The molecule has 0 radical (unpaired) electrons. The summed E-state index contributed by atoms with van der Waals surface area (Å²) in [5.74, 6) is -1.71. The fraction of sp³-hybridized carbons (Fsp3) is 0.278. The lowest BCUT2D eigenvalue weighted by molar-refractivity contribution is -0.130. The number of rotatable bonds is 3. The van der Waals surface area contributed by atoms with E-state index >= 15 is 0 Å². The molecule has 26 heavy (non-hydrogen) atoms. The molecular weight excluding hydrogens is 342 g/mol. The maximum atomic E-state index is 13.3. The van der Waals surface area contributed by atoms with Crippen LogP contribution in [0.25, 0.3) is 0 Å². The molecule has 1 N–H and O–H groups in total. The standard InChI is InChI=1S/C18H18F2N4O2/c1-12(25)23-6-8-24(9-7-23)18(26)13-4-5-21-17(10-13)22-14-2-3-15(19)16(20)11-14/h2-5,10-11H,6-9H2,1H3,(H,21,22). The first kappa shape index (κ1) is 17.8. The Balaban J connectivity index is 1.69. The number of aromatic nitrogens is 1. The van der Waals surface area contributed by atoms with E-state index in [1.54, 1.807) is 21.9 Å². The highest BCUT2D eigenvalue weighted by molar-refractivity contribution is 5.95. The molecule has 3 rings (SSSR count). The molecule has 2 heterocycles. The average molecular weight is 360 g/mol. The topological polar surface area (TPSA) is 65.5 Å². The predicted octanol–water partition coefficient (Wildman–Crippen LogP) is 2.41. The zero-order valence-electron chi connectivity index (χ0n) is 14.2. The third-order valence-corrected chi connectivity index (χ3v) is 4.21. The number of nitrogens with zero attached hydrogens (tertiary/aromatic N) is 3. The lowest BCUT2D eigenvalue weighted by atomic mass is 10.2. The largest absolute Gasteiger partial charge is 0.340 e. The second kappa shape index (κ2) is 7.47. The van der Waals surface area contributed by atoms with Crippen molar-refractivity contribution in [2.75, 3.05) is 31.5 Å². The SMILES string of the molecule is CC(=O)N1CCN(C(=O)c2ccnc(Nc3ccc(F)c(F)c3)c2)CC1. The molecular formula is C18H18F2N4O2. The lowest BCUT2D eigenvalue weighted by Gasteiger charge is -2.34. The normalized spacial score (nSPS) is 14.3. The van der Waals surface area contributed by atoms with E-state index in [1.165, 1.54) is 19.2 Å². The molecule has 1 fully saturated rings. The van der Waals surface area contributed by atoms with Crippen LogP contribution in [0.5, 0.6) is 0 Å². The van der Waals surface area contributed by atoms with Crippen molar-refractivity contribution in [1.29, 1.82) is 0 Å². The number of hydrogen-bond acceptors (Lipinski definition) is 4. The van der Waals surface area contributed by atoms with Gasteiger partial charge in [0.2, 0.25) is 5.91 Å². The maximum absolute atomic E-state index is 13.3. The number of benzene rings is 1. The number of nitrogens with one attached hydrogen (secondary N) is 1. The Morgan fingerprint density at radius 1 is 1.00 bits per heavy atom. The van der Waals surface area contributed by atoms with Gasteiger partial charge in [-0.15, -0.1) is 0 Å². The summed E-state index contributed by atoms with van der Waals surface area (Å²) in [4.78, 5) is 31.5. The number of anilines is 2. The van der Waals surface area contributed by atoms with E-state index in [2.05, 4.69) is 10.3 Å². The van der Waals surface area contributed by atoms with Gasteiger partial charge in [0.25, 0.3) is 5.91 Å². The van der Waals surface area contributed by atoms with Gasteiger partial charge in [-0.2, -0.15) is 0 Å². The van der Waals surface area contributed by atoms with E-state index in [0.29, 0.717) is 43.2 Å². The Labute approximate surface area is 149 Å². The van der Waals surface area contributed by atoms with Crippen LogP contribution in [0.2, 0.25) is 0 Å². The molecule has 0 spiro atoms. The van der Waals surface area contributed by atoms with E-state index < -0.39 is 11.6 Å². The van der Waals surface area contributed by atoms with Gasteiger partial charge in [0.05, 0.1) is 0 Å². The zero-order chi connectivity index (χ0) is 18.7. The van der Waals surface area contributed by atoms with Gasteiger partial charge in [-0.3, -0.25) is 9.59 Å². The maximum Gasteiger partial charge on any atom is 0.254 e. The zero-order valence-corrected chi connectivity index (χ0v) is 14.2. The fourth-order valence-electron chi connectivity index (χ4n) is 2.76. The minimum atomic E-state index is -0.967. The molecule has 2 amide bonds. The smallest absolute Gasteiger partial charge is 0.254 e. The summed E-state index contributed by atoms with van der Waals surface area (Å²) >= 11 is 0. The van der Waals surface area contributed by atoms with Crippen LogP contribution in [0.15, 0.2) is 36.5 Å². The Morgan fingerprint density at radius 3 is 2.35 bits per heavy atom. The molecule has 1 aliphatic rings. The summed E-state index contributed by atoms with van der Waals surface area (Å²) in [6.45, 7) is 3.45. The fourth-order valence-corrected chi connectivity index (χ4v) is 2.76. The van der Waals surface area contributed by atoms with Crippen molar-refractivity contribution in [3.63, 3.8) is 0 Å². The van der Waals surface area contributed by atoms with Gasteiger partial charge in [0, 0.05) is 56.6 Å². The second-order valence-corrected chi connectivity index (χ2v) is 5.98. The Morgan fingerprint density at radius 2 is 1.69 bits per heavy atom. The van der Waals surface area contributed by atoms with Crippen molar-refractivity contribution >= 4 is 23.3 Å². The van der Waals surface area contributed by atoms with Crippen molar-refractivity contribution in [3.8, 4) is 0 Å². The molecule has 0 saturated carbocycles. The predicted molar refractivity (Wildman–Crippen MR) is 92.0 cm³/mol. The summed E-state index contributed by atoms with van der Waals surface area (Å²) in [5.41, 5.74) is 0.762. The van der Waals surface area contributed by atoms with E-state index in [0.717, 1.165) is 12.1 Å². The number of halogens is 2. The molecule has 0 bridgehead atoms. The highest BCUT2D eigenvalue weighted by atomic mass is 19.2. The number of carbonyl (C=O) groups is 2. The molecule has 2 aromatic rings. The molecule has 1 aromatic carbocycles. The average Bonchev–Trinajstić information content (AvgIpc) is 2.64. The van der Waals surface area contributed by atoms with E-state index in [1.807, 2.05) is 0 Å². The van der Waals surface area contributed by atoms with Crippen LogP contribution in [0.3, 0.4) is 0 Å². The Hall–Kier alpha value is -3.03. The molecule has 0 unspecified atom stereocenters. The summed E-state index contributed by atoms with van der Waals surface area (Å²) in [7, 11) is 0. The lowest BCUT2D eigenvalue weighted by Crippen LogP contribution is -2.50. The second-order valence-electron chi connectivity index (χ2n) is 5.98.